The van der Waals surface area contributed by atoms with Crippen LogP contribution in [0.4, 0.5) is 5.69 Å². The summed E-state index contributed by atoms with van der Waals surface area (Å²) in [6.45, 7) is 5.13. The fourth-order valence-corrected chi connectivity index (χ4v) is 2.20. The first-order chi connectivity index (χ1) is 9.60. The molecule has 1 aromatic heterocycles. The number of benzene rings is 1. The third kappa shape index (κ3) is 3.58. The molecule has 0 aliphatic rings. The lowest BCUT2D eigenvalue weighted by molar-refractivity contribution is 0.632. The molecule has 0 saturated carbocycles. The van der Waals surface area contributed by atoms with Gasteiger partial charge in [-0.15, -0.1) is 0 Å². The second-order valence-corrected chi connectivity index (χ2v) is 5.30. The molecule has 0 saturated heterocycles. The highest BCUT2D eigenvalue weighted by molar-refractivity contribution is 5.44. The minimum Gasteiger partial charge on any atom is -0.369 e. The smallest absolute Gasteiger partial charge is 0.0571 e. The molecule has 1 N–H and O–H groups in total. The van der Waals surface area contributed by atoms with Crippen LogP contribution in [0.1, 0.15) is 29.8 Å². The zero-order valence-corrected chi connectivity index (χ0v) is 12.7. The van der Waals surface area contributed by atoms with Crippen molar-refractivity contribution in [1.82, 2.24) is 10.3 Å². The minimum atomic E-state index is 0.283. The Morgan fingerprint density at radius 3 is 2.65 bits per heavy atom. The fraction of sp³-hybridized carbons (Fsp3) is 0.353. The number of nitrogens with zero attached hydrogens (tertiary/aromatic N) is 2. The average molecular weight is 269 g/mol. The van der Waals surface area contributed by atoms with E-state index in [2.05, 4.69) is 72.5 Å². The van der Waals surface area contributed by atoms with E-state index in [-0.39, 0.29) is 6.04 Å². The predicted octanol–water partition coefficient (Wildman–Crippen LogP) is 3.31. The van der Waals surface area contributed by atoms with Crippen LogP contribution >= 0.6 is 0 Å². The molecule has 2 rings (SSSR count). The highest BCUT2D eigenvalue weighted by Gasteiger charge is 2.06. The van der Waals surface area contributed by atoms with E-state index >= 15 is 0 Å². The summed E-state index contributed by atoms with van der Waals surface area (Å²) in [7, 11) is 4.05. The number of aryl methyl sites for hydroxylation is 1. The van der Waals surface area contributed by atoms with Gasteiger partial charge in [-0.25, -0.2) is 0 Å². The number of pyridine rings is 1. The Hall–Kier alpha value is -1.87. The molecule has 0 fully saturated rings. The molecule has 1 atom stereocenters. The van der Waals surface area contributed by atoms with Gasteiger partial charge in [0.1, 0.15) is 0 Å². The summed E-state index contributed by atoms with van der Waals surface area (Å²) in [5.41, 5.74) is 4.83. The average Bonchev–Trinajstić information content (AvgIpc) is 2.46. The van der Waals surface area contributed by atoms with Crippen molar-refractivity contribution in [2.24, 2.45) is 0 Å². The van der Waals surface area contributed by atoms with Crippen molar-refractivity contribution in [3.8, 4) is 0 Å². The predicted molar refractivity (Wildman–Crippen MR) is 85.0 cm³/mol. The van der Waals surface area contributed by atoms with Crippen LogP contribution in [-0.2, 0) is 6.54 Å². The maximum atomic E-state index is 4.53. The van der Waals surface area contributed by atoms with Gasteiger partial charge >= 0.3 is 0 Å². The van der Waals surface area contributed by atoms with E-state index in [1.807, 2.05) is 13.2 Å². The Morgan fingerprint density at radius 2 is 2.05 bits per heavy atom. The lowest BCUT2D eigenvalue weighted by Gasteiger charge is -2.20. The van der Waals surface area contributed by atoms with Crippen LogP contribution in [0.25, 0.3) is 0 Å². The first-order valence-corrected chi connectivity index (χ1v) is 7.00. The normalized spacial score (nSPS) is 12.2. The van der Waals surface area contributed by atoms with Gasteiger partial charge in [-0.1, -0.05) is 29.8 Å². The van der Waals surface area contributed by atoms with E-state index in [0.29, 0.717) is 0 Å². The van der Waals surface area contributed by atoms with Crippen molar-refractivity contribution < 1.29 is 0 Å². The monoisotopic (exact) mass is 269 g/mol. The molecule has 1 heterocycles. The van der Waals surface area contributed by atoms with Crippen molar-refractivity contribution in [2.75, 3.05) is 19.0 Å². The fourth-order valence-electron chi connectivity index (χ4n) is 2.20. The Morgan fingerprint density at radius 1 is 1.25 bits per heavy atom. The Labute approximate surface area is 121 Å². The van der Waals surface area contributed by atoms with Crippen LogP contribution in [-0.4, -0.2) is 19.1 Å². The molecule has 0 aliphatic heterocycles. The van der Waals surface area contributed by atoms with Crippen LogP contribution in [0.15, 0.2) is 42.6 Å². The SMILES string of the molecule is CNC(C)c1ccc(N(C)Cc2cccc(C)c2)cn1. The number of aromatic nitrogens is 1. The molecule has 0 spiro atoms. The Kier molecular flexibility index (Phi) is 4.74. The summed E-state index contributed by atoms with van der Waals surface area (Å²) in [5, 5.41) is 3.20. The van der Waals surface area contributed by atoms with Crippen LogP contribution in [0.5, 0.6) is 0 Å². The van der Waals surface area contributed by atoms with Gasteiger partial charge in [-0.2, -0.15) is 0 Å². The molecule has 0 bridgehead atoms. The molecule has 106 valence electrons. The summed E-state index contributed by atoms with van der Waals surface area (Å²) >= 11 is 0. The first-order valence-electron chi connectivity index (χ1n) is 7.00. The lowest BCUT2D eigenvalue weighted by Crippen LogP contribution is -2.18. The van der Waals surface area contributed by atoms with Gasteiger partial charge in [0.25, 0.3) is 0 Å². The first kappa shape index (κ1) is 14.5. The van der Waals surface area contributed by atoms with E-state index in [1.165, 1.54) is 11.1 Å². The lowest BCUT2D eigenvalue weighted by atomic mass is 10.1. The van der Waals surface area contributed by atoms with Gasteiger partial charge in [-0.05, 0) is 38.6 Å². The summed E-state index contributed by atoms with van der Waals surface area (Å²) in [6, 6.07) is 13.1. The van der Waals surface area contributed by atoms with Gasteiger partial charge in [-0.3, -0.25) is 4.98 Å². The highest BCUT2D eigenvalue weighted by atomic mass is 15.1. The highest BCUT2D eigenvalue weighted by Crippen LogP contribution is 2.17. The summed E-state index contributed by atoms with van der Waals surface area (Å²) in [5.74, 6) is 0. The van der Waals surface area contributed by atoms with Gasteiger partial charge in [0.2, 0.25) is 0 Å². The van der Waals surface area contributed by atoms with Gasteiger partial charge in [0, 0.05) is 19.6 Å². The van der Waals surface area contributed by atoms with Crippen molar-refractivity contribution in [2.45, 2.75) is 26.4 Å². The molecule has 20 heavy (non-hydrogen) atoms. The molecule has 1 unspecified atom stereocenters. The second-order valence-electron chi connectivity index (χ2n) is 5.30. The van der Waals surface area contributed by atoms with E-state index in [4.69, 9.17) is 0 Å². The third-order valence-electron chi connectivity index (χ3n) is 3.59. The van der Waals surface area contributed by atoms with Crippen LogP contribution in [0, 0.1) is 6.92 Å². The van der Waals surface area contributed by atoms with Crippen LogP contribution < -0.4 is 10.2 Å². The summed E-state index contributed by atoms with van der Waals surface area (Å²) in [6.07, 6.45) is 1.94. The standard InChI is InChI=1S/C17H23N3/c1-13-6-5-7-15(10-13)12-20(4)16-8-9-17(19-11-16)14(2)18-3/h5-11,14,18H,12H2,1-4H3. The Balaban J connectivity index is 2.07. The molecule has 0 amide bonds. The molecular weight excluding hydrogens is 246 g/mol. The zero-order valence-electron chi connectivity index (χ0n) is 12.7. The van der Waals surface area contributed by atoms with Crippen molar-refractivity contribution in [3.05, 3.63) is 59.4 Å². The number of hydrogen-bond donors (Lipinski definition) is 1. The van der Waals surface area contributed by atoms with Gasteiger partial charge in [0.05, 0.1) is 17.6 Å². The molecule has 3 nitrogen and oxygen atoms in total. The number of hydrogen-bond acceptors (Lipinski definition) is 3. The summed E-state index contributed by atoms with van der Waals surface area (Å²) in [4.78, 5) is 6.74. The maximum absolute atomic E-state index is 4.53. The number of anilines is 1. The molecule has 2 aromatic rings. The minimum absolute atomic E-state index is 0.283. The molecular formula is C17H23N3. The van der Waals surface area contributed by atoms with Gasteiger partial charge in [0.15, 0.2) is 0 Å². The molecule has 1 aromatic carbocycles. The van der Waals surface area contributed by atoms with E-state index in [0.717, 1.165) is 17.9 Å². The third-order valence-corrected chi connectivity index (χ3v) is 3.59. The van der Waals surface area contributed by atoms with E-state index in [9.17, 15) is 0 Å². The number of nitrogens with one attached hydrogen (secondary N) is 1. The van der Waals surface area contributed by atoms with E-state index in [1.54, 1.807) is 0 Å². The van der Waals surface area contributed by atoms with Crippen LogP contribution in [0.2, 0.25) is 0 Å². The Bertz CT molecular complexity index is 548. The summed E-state index contributed by atoms with van der Waals surface area (Å²) < 4.78 is 0. The number of rotatable bonds is 5. The largest absolute Gasteiger partial charge is 0.369 e. The van der Waals surface area contributed by atoms with E-state index < -0.39 is 0 Å². The van der Waals surface area contributed by atoms with Crippen molar-refractivity contribution in [3.63, 3.8) is 0 Å². The quantitative estimate of drug-likeness (QED) is 0.902. The van der Waals surface area contributed by atoms with Crippen molar-refractivity contribution >= 4 is 5.69 Å². The molecule has 3 heteroatoms. The molecule has 0 aliphatic carbocycles. The zero-order chi connectivity index (χ0) is 14.5. The molecule has 0 radical (unpaired) electrons. The van der Waals surface area contributed by atoms with Crippen LogP contribution in [0.3, 0.4) is 0 Å². The maximum Gasteiger partial charge on any atom is 0.0571 e. The van der Waals surface area contributed by atoms with Gasteiger partial charge < -0.3 is 10.2 Å². The second kappa shape index (κ2) is 6.53. The van der Waals surface area contributed by atoms with Crippen molar-refractivity contribution in [1.29, 1.82) is 0 Å². The topological polar surface area (TPSA) is 28.2 Å².